The third-order valence-corrected chi connectivity index (χ3v) is 8.46. The molecule has 1 N–H and O–H groups in total. The van der Waals surface area contributed by atoms with Crippen molar-refractivity contribution < 1.29 is 17.6 Å². The van der Waals surface area contributed by atoms with E-state index in [0.29, 0.717) is 5.69 Å². The first kappa shape index (κ1) is 27.8. The van der Waals surface area contributed by atoms with Crippen molar-refractivity contribution in [1.29, 1.82) is 0 Å². The molecule has 9 heteroatoms. The number of halogens is 1. The predicted octanol–water partition coefficient (Wildman–Crippen LogP) is 5.50. The van der Waals surface area contributed by atoms with Crippen molar-refractivity contribution >= 4 is 27.8 Å². The van der Waals surface area contributed by atoms with Gasteiger partial charge in [0.15, 0.2) is 0 Å². The fraction of sp³-hybridized carbons (Fsp3) is 0.200. The lowest BCUT2D eigenvalue weighted by atomic mass is 10.1. The summed E-state index contributed by atoms with van der Waals surface area (Å²) in [6.07, 6.45) is 1.51. The van der Waals surface area contributed by atoms with Crippen molar-refractivity contribution in [1.82, 2.24) is 9.99 Å². The summed E-state index contributed by atoms with van der Waals surface area (Å²) in [5.41, 5.74) is 8.83. The number of aromatic nitrogens is 1. The summed E-state index contributed by atoms with van der Waals surface area (Å²) in [6.45, 7) is 8.96. The van der Waals surface area contributed by atoms with E-state index in [2.05, 4.69) is 10.5 Å². The van der Waals surface area contributed by atoms with Gasteiger partial charge in [-0.15, -0.1) is 0 Å². The molecule has 0 fully saturated rings. The topological polar surface area (TPSA) is 83.8 Å². The van der Waals surface area contributed by atoms with Crippen LogP contribution in [0.5, 0.6) is 0 Å². The average Bonchev–Trinajstić information content (AvgIpc) is 3.18. The van der Waals surface area contributed by atoms with Crippen LogP contribution in [0.15, 0.2) is 82.8 Å². The van der Waals surface area contributed by atoms with E-state index in [9.17, 15) is 17.6 Å². The molecule has 4 rings (SSSR count). The fourth-order valence-electron chi connectivity index (χ4n) is 4.39. The van der Waals surface area contributed by atoms with Gasteiger partial charge in [-0.1, -0.05) is 29.8 Å². The lowest BCUT2D eigenvalue weighted by Crippen LogP contribution is -2.40. The Balaban J connectivity index is 1.58. The fourth-order valence-corrected chi connectivity index (χ4v) is 5.87. The number of benzene rings is 3. The first-order valence-corrected chi connectivity index (χ1v) is 13.9. The van der Waals surface area contributed by atoms with Gasteiger partial charge >= 0.3 is 0 Å². The summed E-state index contributed by atoms with van der Waals surface area (Å²) >= 11 is 0. The van der Waals surface area contributed by atoms with E-state index >= 15 is 0 Å². The molecule has 0 bridgehead atoms. The van der Waals surface area contributed by atoms with Gasteiger partial charge in [0.1, 0.15) is 12.4 Å². The van der Waals surface area contributed by atoms with Gasteiger partial charge < -0.3 is 4.57 Å². The lowest BCUT2D eigenvalue weighted by Gasteiger charge is -2.26. The minimum atomic E-state index is -4.03. The van der Waals surface area contributed by atoms with E-state index in [1.807, 2.05) is 51.3 Å². The molecule has 202 valence electrons. The monoisotopic (exact) mass is 546 g/mol. The zero-order valence-electron chi connectivity index (χ0n) is 22.6. The van der Waals surface area contributed by atoms with E-state index < -0.39 is 22.5 Å². The van der Waals surface area contributed by atoms with Crippen LogP contribution in [-0.2, 0) is 14.8 Å². The smallest absolute Gasteiger partial charge is 0.264 e. The van der Waals surface area contributed by atoms with Crippen molar-refractivity contribution in [2.24, 2.45) is 5.10 Å². The van der Waals surface area contributed by atoms with Gasteiger partial charge in [-0.2, -0.15) is 5.10 Å². The number of anilines is 1. The van der Waals surface area contributed by atoms with Gasteiger partial charge in [-0.3, -0.25) is 9.10 Å². The lowest BCUT2D eigenvalue weighted by molar-refractivity contribution is -0.119. The van der Waals surface area contributed by atoms with Gasteiger partial charge in [0.05, 0.1) is 16.8 Å². The van der Waals surface area contributed by atoms with Crippen molar-refractivity contribution in [2.45, 2.75) is 39.5 Å². The van der Waals surface area contributed by atoms with Gasteiger partial charge in [-0.25, -0.2) is 18.2 Å². The highest BCUT2D eigenvalue weighted by Crippen LogP contribution is 2.28. The summed E-state index contributed by atoms with van der Waals surface area (Å²) in [6, 6.07) is 19.9. The molecule has 0 unspecified atom stereocenters. The zero-order chi connectivity index (χ0) is 28.3. The molecule has 1 heterocycles. The molecular weight excluding hydrogens is 515 g/mol. The van der Waals surface area contributed by atoms with Gasteiger partial charge in [-0.05, 0) is 94.3 Å². The van der Waals surface area contributed by atoms with Crippen LogP contribution >= 0.6 is 0 Å². The summed E-state index contributed by atoms with van der Waals surface area (Å²) in [4.78, 5) is 13.1. The molecule has 0 atom stereocenters. The molecule has 7 nitrogen and oxygen atoms in total. The van der Waals surface area contributed by atoms with Crippen LogP contribution in [0.4, 0.5) is 10.1 Å². The maximum Gasteiger partial charge on any atom is 0.264 e. The number of hydrazone groups is 1. The number of aryl methyl sites for hydroxylation is 3. The Morgan fingerprint density at radius 2 is 1.64 bits per heavy atom. The number of hydrogen-bond acceptors (Lipinski definition) is 4. The number of sulfonamides is 1. The number of amides is 1. The SMILES string of the molecule is Cc1ccc(S(=O)(=O)N(CC(=O)N/N=C\c2cc(C)n(-c3ccc(F)cc3)c2C)c2cccc(C)c2C)cc1. The van der Waals surface area contributed by atoms with E-state index in [-0.39, 0.29) is 10.7 Å². The third-order valence-electron chi connectivity index (χ3n) is 6.69. The molecule has 4 aromatic rings. The minimum Gasteiger partial charge on any atom is -0.318 e. The first-order valence-electron chi connectivity index (χ1n) is 12.4. The molecule has 0 saturated heterocycles. The van der Waals surface area contributed by atoms with Crippen LogP contribution in [0.1, 0.15) is 33.6 Å². The molecule has 3 aromatic carbocycles. The van der Waals surface area contributed by atoms with Crippen LogP contribution < -0.4 is 9.73 Å². The normalized spacial score (nSPS) is 11.6. The minimum absolute atomic E-state index is 0.0959. The molecular formula is C30H31FN4O3S. The van der Waals surface area contributed by atoms with Gasteiger partial charge in [0.25, 0.3) is 15.9 Å². The van der Waals surface area contributed by atoms with Crippen molar-refractivity contribution in [3.05, 3.63) is 112 Å². The Morgan fingerprint density at radius 1 is 0.974 bits per heavy atom. The largest absolute Gasteiger partial charge is 0.318 e. The standard InChI is InChI=1S/C30H31FN4O3S/c1-20-9-15-28(16-10-20)39(37,38)34(29-8-6-7-21(2)23(29)4)19-30(36)33-32-18-25-17-22(3)35(24(25)5)27-13-11-26(31)12-14-27/h6-18H,19H2,1-5H3,(H,33,36)/b32-18-. The number of hydrogen-bond donors (Lipinski definition) is 1. The Morgan fingerprint density at radius 3 is 2.31 bits per heavy atom. The summed E-state index contributed by atoms with van der Waals surface area (Å²) < 4.78 is 43.8. The van der Waals surface area contributed by atoms with E-state index in [1.165, 1.54) is 30.5 Å². The number of nitrogens with zero attached hydrogens (tertiary/aromatic N) is 3. The predicted molar refractivity (Wildman–Crippen MR) is 153 cm³/mol. The number of carbonyl (C=O) groups is 1. The summed E-state index contributed by atoms with van der Waals surface area (Å²) in [5.74, 6) is -0.903. The Labute approximate surface area is 228 Å². The molecule has 39 heavy (non-hydrogen) atoms. The van der Waals surface area contributed by atoms with Crippen molar-refractivity contribution in [2.75, 3.05) is 10.8 Å². The second-order valence-corrected chi connectivity index (χ2v) is 11.3. The average molecular weight is 547 g/mol. The highest BCUT2D eigenvalue weighted by molar-refractivity contribution is 7.92. The van der Waals surface area contributed by atoms with E-state index in [0.717, 1.165) is 43.6 Å². The Bertz CT molecular complexity index is 1640. The molecule has 0 aliphatic heterocycles. The molecule has 1 aromatic heterocycles. The van der Waals surface area contributed by atoms with E-state index in [1.54, 1.807) is 36.4 Å². The zero-order valence-corrected chi connectivity index (χ0v) is 23.4. The molecule has 0 aliphatic rings. The first-order chi connectivity index (χ1) is 18.5. The molecule has 1 amide bonds. The van der Waals surface area contributed by atoms with Gasteiger partial charge in [0, 0.05) is 22.6 Å². The highest BCUT2D eigenvalue weighted by Gasteiger charge is 2.28. The van der Waals surface area contributed by atoms with Crippen molar-refractivity contribution in [3.63, 3.8) is 0 Å². The van der Waals surface area contributed by atoms with Crippen LogP contribution in [0.3, 0.4) is 0 Å². The van der Waals surface area contributed by atoms with Crippen LogP contribution in [0, 0.1) is 40.4 Å². The summed E-state index contributed by atoms with van der Waals surface area (Å²) in [7, 11) is -4.03. The quantitative estimate of drug-likeness (QED) is 0.234. The molecule has 0 saturated carbocycles. The molecule has 0 radical (unpaired) electrons. The van der Waals surface area contributed by atoms with E-state index in [4.69, 9.17) is 0 Å². The number of rotatable bonds is 8. The summed E-state index contributed by atoms with van der Waals surface area (Å²) in [5, 5.41) is 4.10. The molecule has 0 spiro atoms. The highest BCUT2D eigenvalue weighted by atomic mass is 32.2. The Kier molecular flexibility index (Phi) is 8.01. The second-order valence-electron chi connectivity index (χ2n) is 9.48. The number of carbonyl (C=O) groups excluding carboxylic acids is 1. The molecule has 0 aliphatic carbocycles. The maximum atomic E-state index is 13.7. The van der Waals surface area contributed by atoms with Crippen LogP contribution in [0.25, 0.3) is 5.69 Å². The van der Waals surface area contributed by atoms with Crippen LogP contribution in [0.2, 0.25) is 0 Å². The Hall–Kier alpha value is -4.24. The van der Waals surface area contributed by atoms with Gasteiger partial charge in [0.2, 0.25) is 0 Å². The van der Waals surface area contributed by atoms with Crippen LogP contribution in [-0.4, -0.2) is 31.7 Å². The third kappa shape index (κ3) is 5.93. The number of nitrogens with one attached hydrogen (secondary N) is 1. The maximum absolute atomic E-state index is 13.7. The van der Waals surface area contributed by atoms with Crippen molar-refractivity contribution in [3.8, 4) is 5.69 Å². The second kappa shape index (κ2) is 11.2.